The van der Waals surface area contributed by atoms with E-state index in [1.807, 2.05) is 19.1 Å². The van der Waals surface area contributed by atoms with Crippen molar-refractivity contribution in [2.45, 2.75) is 31.8 Å². The fourth-order valence-electron chi connectivity index (χ4n) is 3.36. The Bertz CT molecular complexity index is 909. The van der Waals surface area contributed by atoms with Gasteiger partial charge in [0.1, 0.15) is 17.5 Å². The topological polar surface area (TPSA) is 91.7 Å². The second kappa shape index (κ2) is 7.69. The van der Waals surface area contributed by atoms with Gasteiger partial charge < -0.3 is 19.5 Å². The van der Waals surface area contributed by atoms with Gasteiger partial charge in [-0.15, -0.1) is 0 Å². The van der Waals surface area contributed by atoms with Gasteiger partial charge in [-0.2, -0.15) is 0 Å². The number of methoxy groups -OCH3 is 3. The van der Waals surface area contributed by atoms with E-state index in [9.17, 15) is 9.59 Å². The van der Waals surface area contributed by atoms with Crippen LogP contribution in [0.4, 0.5) is 5.82 Å². The third kappa shape index (κ3) is 3.47. The molecule has 8 nitrogen and oxygen atoms in total. The highest BCUT2D eigenvalue weighted by Crippen LogP contribution is 2.34. The summed E-state index contributed by atoms with van der Waals surface area (Å²) in [5.74, 6) is 1.15. The van der Waals surface area contributed by atoms with Gasteiger partial charge in [-0.05, 0) is 18.6 Å². The van der Waals surface area contributed by atoms with E-state index in [4.69, 9.17) is 14.2 Å². The summed E-state index contributed by atoms with van der Waals surface area (Å²) in [4.78, 5) is 29.2. The minimum absolute atomic E-state index is 0.0602. The largest absolute Gasteiger partial charge is 0.497 e. The second-order valence-electron chi connectivity index (χ2n) is 6.41. The number of esters is 1. The lowest BCUT2D eigenvalue weighted by Crippen LogP contribution is -2.31. The van der Waals surface area contributed by atoms with Crippen molar-refractivity contribution in [1.29, 1.82) is 0 Å². The molecule has 0 saturated carbocycles. The Morgan fingerprint density at radius 1 is 1.30 bits per heavy atom. The number of fused-ring (bicyclic) bond motifs is 1. The van der Waals surface area contributed by atoms with E-state index in [1.165, 1.54) is 11.7 Å². The molecule has 1 aliphatic rings. The second-order valence-corrected chi connectivity index (χ2v) is 6.41. The molecular weight excluding hydrogens is 350 g/mol. The van der Waals surface area contributed by atoms with Crippen LogP contribution >= 0.6 is 0 Å². The van der Waals surface area contributed by atoms with Gasteiger partial charge in [0.25, 0.3) is 5.56 Å². The number of hydrogen-bond donors (Lipinski definition) is 1. The lowest BCUT2D eigenvalue weighted by atomic mass is 10.1. The normalized spacial score (nSPS) is 17.9. The van der Waals surface area contributed by atoms with E-state index in [0.717, 1.165) is 11.3 Å². The Morgan fingerprint density at radius 3 is 2.74 bits per heavy atom. The van der Waals surface area contributed by atoms with Crippen LogP contribution in [0.25, 0.3) is 0 Å². The van der Waals surface area contributed by atoms with E-state index >= 15 is 0 Å². The van der Waals surface area contributed by atoms with Gasteiger partial charge in [0.15, 0.2) is 5.82 Å². The molecule has 0 aliphatic carbocycles. The lowest BCUT2D eigenvalue weighted by molar-refractivity contribution is -0.144. The summed E-state index contributed by atoms with van der Waals surface area (Å²) in [6, 6.07) is 4.83. The first-order valence-electron chi connectivity index (χ1n) is 8.64. The van der Waals surface area contributed by atoms with Crippen LogP contribution in [0.2, 0.25) is 0 Å². The van der Waals surface area contributed by atoms with Crippen LogP contribution in [-0.4, -0.2) is 36.8 Å². The van der Waals surface area contributed by atoms with E-state index in [0.29, 0.717) is 24.5 Å². The van der Waals surface area contributed by atoms with Gasteiger partial charge in [0, 0.05) is 36.0 Å². The molecule has 0 radical (unpaired) electrons. The minimum atomic E-state index is -0.619. The van der Waals surface area contributed by atoms with Crippen molar-refractivity contribution in [2.75, 3.05) is 26.6 Å². The maximum absolute atomic E-state index is 12.9. The van der Waals surface area contributed by atoms with Crippen LogP contribution in [0.15, 0.2) is 29.2 Å². The van der Waals surface area contributed by atoms with Crippen molar-refractivity contribution in [3.05, 3.63) is 46.0 Å². The molecule has 0 fully saturated rings. The molecule has 1 aliphatic heterocycles. The number of hydrogen-bond acceptors (Lipinski definition) is 7. The van der Waals surface area contributed by atoms with Crippen LogP contribution in [-0.2, 0) is 16.1 Å². The van der Waals surface area contributed by atoms with E-state index in [1.54, 1.807) is 26.5 Å². The van der Waals surface area contributed by atoms with E-state index in [2.05, 4.69) is 10.3 Å². The third-order valence-corrected chi connectivity index (χ3v) is 4.83. The van der Waals surface area contributed by atoms with E-state index < -0.39 is 12.0 Å². The zero-order valence-corrected chi connectivity index (χ0v) is 15.8. The molecular formula is C19H23N3O5. The quantitative estimate of drug-likeness (QED) is 0.775. The van der Waals surface area contributed by atoms with Gasteiger partial charge in [0.05, 0.1) is 21.3 Å². The van der Waals surface area contributed by atoms with Crippen LogP contribution in [0.5, 0.6) is 11.5 Å². The fourth-order valence-corrected chi connectivity index (χ4v) is 3.36. The maximum atomic E-state index is 12.9. The van der Waals surface area contributed by atoms with Crippen LogP contribution in [0.3, 0.4) is 0 Å². The van der Waals surface area contributed by atoms with Crippen molar-refractivity contribution in [3.63, 3.8) is 0 Å². The first kappa shape index (κ1) is 18.8. The Morgan fingerprint density at radius 2 is 2.07 bits per heavy atom. The fraction of sp³-hybridized carbons (Fsp3) is 0.421. The van der Waals surface area contributed by atoms with E-state index in [-0.39, 0.29) is 17.3 Å². The molecule has 0 spiro atoms. The zero-order chi connectivity index (χ0) is 19.6. The number of nitrogens with zero attached hydrogens (tertiary/aromatic N) is 2. The highest BCUT2D eigenvalue weighted by Gasteiger charge is 2.35. The van der Waals surface area contributed by atoms with Crippen molar-refractivity contribution in [3.8, 4) is 11.5 Å². The van der Waals surface area contributed by atoms with Crippen LogP contribution < -0.4 is 20.3 Å². The molecule has 2 heterocycles. The molecule has 27 heavy (non-hydrogen) atoms. The first-order valence-corrected chi connectivity index (χ1v) is 8.64. The molecule has 0 amide bonds. The molecule has 1 aromatic heterocycles. The predicted octanol–water partition coefficient (Wildman–Crippen LogP) is 2.09. The molecule has 2 aromatic rings. The molecule has 0 saturated heterocycles. The highest BCUT2D eigenvalue weighted by atomic mass is 16.5. The number of nitrogens with one attached hydrogen (secondary N) is 1. The monoisotopic (exact) mass is 373 g/mol. The van der Waals surface area contributed by atoms with Crippen LogP contribution in [0.1, 0.15) is 36.6 Å². The van der Waals surface area contributed by atoms with Crippen molar-refractivity contribution in [1.82, 2.24) is 9.55 Å². The van der Waals surface area contributed by atoms with Gasteiger partial charge in [-0.3, -0.25) is 9.36 Å². The Balaban J connectivity index is 1.88. The summed E-state index contributed by atoms with van der Waals surface area (Å²) in [6.07, 6.45) is 2.17. The van der Waals surface area contributed by atoms with Crippen molar-refractivity contribution in [2.24, 2.45) is 0 Å². The first-order chi connectivity index (χ1) is 13.0. The smallest absolute Gasteiger partial charge is 0.328 e. The third-order valence-electron chi connectivity index (χ3n) is 4.83. The Kier molecular flexibility index (Phi) is 5.34. The Labute approximate surface area is 157 Å². The standard InChI is InChI=1S/C19H23N3O5/c1-11-7-14(19(24)27-4)22-15(11)10-21-17(18(22)23)20-9-12-5-6-13(25-2)8-16(12)26-3/h5-6,8,10-11,14H,7,9H2,1-4H3,(H,20,21)/t11-,14-/m0/s1. The summed E-state index contributed by atoms with van der Waals surface area (Å²) >= 11 is 0. The maximum Gasteiger partial charge on any atom is 0.328 e. The summed E-state index contributed by atoms with van der Waals surface area (Å²) in [6.45, 7) is 2.30. The van der Waals surface area contributed by atoms with Gasteiger partial charge in [-0.25, -0.2) is 9.78 Å². The molecule has 1 N–H and O–H groups in total. The molecule has 0 bridgehead atoms. The molecule has 8 heteroatoms. The number of carbonyl (C=O) groups is 1. The summed E-state index contributed by atoms with van der Waals surface area (Å²) in [5.41, 5.74) is 1.26. The van der Waals surface area contributed by atoms with Crippen molar-refractivity contribution < 1.29 is 19.0 Å². The summed E-state index contributed by atoms with van der Waals surface area (Å²) < 4.78 is 16.9. The average Bonchev–Trinajstić information content (AvgIpc) is 3.04. The van der Waals surface area contributed by atoms with Gasteiger partial charge in [0.2, 0.25) is 0 Å². The molecule has 0 unspecified atom stereocenters. The summed E-state index contributed by atoms with van der Waals surface area (Å²) in [5, 5.41) is 3.05. The van der Waals surface area contributed by atoms with Gasteiger partial charge >= 0.3 is 5.97 Å². The number of benzene rings is 1. The molecule has 1 aromatic carbocycles. The number of carbonyl (C=O) groups excluding carboxylic acids is 1. The number of ether oxygens (including phenoxy) is 3. The summed E-state index contributed by atoms with van der Waals surface area (Å²) in [7, 11) is 4.48. The zero-order valence-electron chi connectivity index (χ0n) is 15.8. The SMILES string of the molecule is COC(=O)[C@@H]1C[C@H](C)c2cnc(NCc3ccc(OC)cc3OC)c(=O)n21. The number of rotatable bonds is 6. The minimum Gasteiger partial charge on any atom is -0.497 e. The molecule has 2 atom stereocenters. The number of aromatic nitrogens is 2. The number of anilines is 1. The molecule has 144 valence electrons. The predicted molar refractivity (Wildman–Crippen MR) is 99.5 cm³/mol. The lowest BCUT2D eigenvalue weighted by Gasteiger charge is -2.14. The highest BCUT2D eigenvalue weighted by molar-refractivity contribution is 5.75. The van der Waals surface area contributed by atoms with Crippen LogP contribution in [0, 0.1) is 0 Å². The van der Waals surface area contributed by atoms with Crippen molar-refractivity contribution >= 4 is 11.8 Å². The van der Waals surface area contributed by atoms with Gasteiger partial charge in [-0.1, -0.05) is 6.92 Å². The molecule has 3 rings (SSSR count). The average molecular weight is 373 g/mol. The Hall–Kier alpha value is -3.03.